The zero-order valence-electron chi connectivity index (χ0n) is 13.0. The molecule has 128 valence electrons. The van der Waals surface area contributed by atoms with E-state index in [0.717, 1.165) is 0 Å². The van der Waals surface area contributed by atoms with Crippen molar-refractivity contribution in [1.82, 2.24) is 24.7 Å². The summed E-state index contributed by atoms with van der Waals surface area (Å²) >= 11 is 6.09. The number of halogens is 1. The highest BCUT2D eigenvalue weighted by Gasteiger charge is 2.14. The van der Waals surface area contributed by atoms with Crippen LogP contribution in [0, 0.1) is 11.3 Å². The normalized spacial score (nSPS) is 10.8. The quantitative estimate of drug-likeness (QED) is 0.585. The monoisotopic (exact) mass is 368 g/mol. The average molecular weight is 369 g/mol. The Balaban J connectivity index is 1.57. The summed E-state index contributed by atoms with van der Waals surface area (Å²) in [5.74, 6) is 0.284. The van der Waals surface area contributed by atoms with E-state index in [1.54, 1.807) is 24.3 Å². The summed E-state index contributed by atoms with van der Waals surface area (Å²) in [6.07, 6.45) is 1.32. The van der Waals surface area contributed by atoms with Crippen LogP contribution in [0.1, 0.15) is 11.3 Å². The lowest BCUT2D eigenvalue weighted by atomic mass is 10.2. The van der Waals surface area contributed by atoms with Crippen molar-refractivity contribution in [2.45, 2.75) is 6.61 Å². The molecule has 0 aliphatic heterocycles. The van der Waals surface area contributed by atoms with Crippen LogP contribution < -0.4 is 10.3 Å². The number of hydrogen-bond donors (Lipinski definition) is 1. The molecule has 0 amide bonds. The number of aromatic amines is 1. The Morgan fingerprint density at radius 1 is 1.35 bits per heavy atom. The maximum absolute atomic E-state index is 12.0. The highest BCUT2D eigenvalue weighted by Crippen LogP contribution is 2.26. The van der Waals surface area contributed by atoms with Crippen LogP contribution in [-0.2, 0) is 6.61 Å². The molecule has 26 heavy (non-hydrogen) atoms. The van der Waals surface area contributed by atoms with Crippen molar-refractivity contribution in [3.63, 3.8) is 0 Å². The maximum Gasteiger partial charge on any atom is 0.418 e. The maximum atomic E-state index is 12.0. The fourth-order valence-electron chi connectivity index (χ4n) is 2.34. The fraction of sp³-hybridized carbons (Fsp3) is 0.0625. The predicted molar refractivity (Wildman–Crippen MR) is 89.6 cm³/mol. The molecule has 1 N–H and O–H groups in total. The van der Waals surface area contributed by atoms with E-state index in [1.165, 1.54) is 16.8 Å². The lowest BCUT2D eigenvalue weighted by Crippen LogP contribution is -2.16. The second-order valence-corrected chi connectivity index (χ2v) is 5.60. The van der Waals surface area contributed by atoms with E-state index in [2.05, 4.69) is 20.2 Å². The van der Waals surface area contributed by atoms with E-state index in [0.29, 0.717) is 16.3 Å². The molecule has 0 bridgehead atoms. The van der Waals surface area contributed by atoms with E-state index in [-0.39, 0.29) is 35.3 Å². The van der Waals surface area contributed by atoms with E-state index < -0.39 is 0 Å². The van der Waals surface area contributed by atoms with Crippen LogP contribution in [0.4, 0.5) is 0 Å². The van der Waals surface area contributed by atoms with Crippen molar-refractivity contribution in [1.29, 1.82) is 5.26 Å². The number of nitriles is 1. The van der Waals surface area contributed by atoms with Crippen LogP contribution in [-0.4, -0.2) is 24.7 Å². The second kappa shape index (κ2) is 6.34. The molecular weight excluding hydrogens is 360 g/mol. The number of fused-ring (bicyclic) bond motifs is 1. The van der Waals surface area contributed by atoms with Crippen molar-refractivity contribution in [2.75, 3.05) is 0 Å². The topological polar surface area (TPSA) is 122 Å². The van der Waals surface area contributed by atoms with Gasteiger partial charge in [-0.1, -0.05) is 28.9 Å². The first kappa shape index (κ1) is 15.9. The van der Waals surface area contributed by atoms with Gasteiger partial charge in [-0.05, 0) is 12.1 Å². The first-order valence-corrected chi connectivity index (χ1v) is 7.75. The highest BCUT2D eigenvalue weighted by molar-refractivity contribution is 6.33. The van der Waals surface area contributed by atoms with Gasteiger partial charge >= 0.3 is 6.08 Å². The van der Waals surface area contributed by atoms with Crippen LogP contribution >= 0.6 is 11.6 Å². The van der Waals surface area contributed by atoms with Gasteiger partial charge in [0.2, 0.25) is 5.82 Å². The molecule has 4 rings (SSSR count). The predicted octanol–water partition coefficient (Wildman–Crippen LogP) is 2.18. The number of nitrogens with one attached hydrogen (secondary N) is 1. The first-order valence-electron chi connectivity index (χ1n) is 7.37. The molecule has 0 spiro atoms. The Bertz CT molecular complexity index is 1200. The summed E-state index contributed by atoms with van der Waals surface area (Å²) in [5, 5.41) is 16.0. The van der Waals surface area contributed by atoms with Crippen LogP contribution in [0.15, 0.2) is 45.8 Å². The minimum Gasteiger partial charge on any atom is -0.442 e. The number of hydrogen-bond acceptors (Lipinski definition) is 7. The van der Waals surface area contributed by atoms with Gasteiger partial charge in [0.05, 0.1) is 10.7 Å². The van der Waals surface area contributed by atoms with Crippen LogP contribution in [0.25, 0.3) is 17.0 Å². The van der Waals surface area contributed by atoms with Gasteiger partial charge < -0.3 is 4.74 Å². The third-order valence-corrected chi connectivity index (χ3v) is 3.87. The molecule has 10 heteroatoms. The number of nitrogens with zero attached hydrogens (tertiary/aromatic N) is 5. The molecule has 4 aromatic rings. The third-order valence-electron chi connectivity index (χ3n) is 3.54. The van der Waals surface area contributed by atoms with Crippen molar-refractivity contribution in [3.05, 3.63) is 63.2 Å². The van der Waals surface area contributed by atoms with E-state index in [4.69, 9.17) is 26.1 Å². The molecule has 0 atom stereocenters. The molecular formula is C16H9ClN6O3. The number of ether oxygens (including phenoxy) is 1. The summed E-state index contributed by atoms with van der Waals surface area (Å²) in [7, 11) is 0. The molecule has 0 saturated carbocycles. The molecule has 0 radical (unpaired) electrons. The molecule has 9 nitrogen and oxygen atoms in total. The summed E-state index contributed by atoms with van der Waals surface area (Å²) in [6.45, 7) is -0.0774. The highest BCUT2D eigenvalue weighted by atomic mass is 35.5. The summed E-state index contributed by atoms with van der Waals surface area (Å²) in [5.41, 5.74) is 1.04. The standard InChI is InChI=1S/C16H9ClN6O3/c17-12-4-2-1-3-11(12)14-21-16(26-22-14)25-8-10-5-13(24)23-15(20-10)9(6-18)7-19-23/h1-5,7,19H,8H2. The number of H-pyrrole nitrogens is 1. The zero-order valence-corrected chi connectivity index (χ0v) is 13.8. The average Bonchev–Trinajstić information content (AvgIpc) is 3.27. The lowest BCUT2D eigenvalue weighted by molar-refractivity contribution is 0.193. The second-order valence-electron chi connectivity index (χ2n) is 5.20. The van der Waals surface area contributed by atoms with Gasteiger partial charge in [0.25, 0.3) is 5.56 Å². The fourth-order valence-corrected chi connectivity index (χ4v) is 2.56. The van der Waals surface area contributed by atoms with Crippen molar-refractivity contribution in [2.24, 2.45) is 0 Å². The Morgan fingerprint density at radius 3 is 3.00 bits per heavy atom. The van der Waals surface area contributed by atoms with Gasteiger partial charge in [-0.25, -0.2) is 9.50 Å². The Morgan fingerprint density at radius 2 is 2.19 bits per heavy atom. The largest absolute Gasteiger partial charge is 0.442 e. The molecule has 0 aliphatic rings. The van der Waals surface area contributed by atoms with Gasteiger partial charge in [-0.15, -0.1) is 0 Å². The van der Waals surface area contributed by atoms with Crippen LogP contribution in [0.5, 0.6) is 6.08 Å². The molecule has 0 unspecified atom stereocenters. The number of benzene rings is 1. The Kier molecular flexibility index (Phi) is 3.87. The molecule has 3 aromatic heterocycles. The van der Waals surface area contributed by atoms with Crippen LogP contribution in [0.3, 0.4) is 0 Å². The van der Waals surface area contributed by atoms with E-state index in [9.17, 15) is 4.79 Å². The first-order chi connectivity index (χ1) is 12.7. The minimum atomic E-state index is -0.364. The summed E-state index contributed by atoms with van der Waals surface area (Å²) < 4.78 is 11.6. The lowest BCUT2D eigenvalue weighted by Gasteiger charge is -2.01. The number of aromatic nitrogens is 5. The van der Waals surface area contributed by atoms with Gasteiger partial charge in [-0.3, -0.25) is 14.4 Å². The Labute approximate surface area is 150 Å². The summed E-state index contributed by atoms with van der Waals surface area (Å²) in [6, 6.07) is 10.3. The van der Waals surface area contributed by atoms with Crippen molar-refractivity contribution < 1.29 is 9.26 Å². The van der Waals surface area contributed by atoms with E-state index >= 15 is 0 Å². The number of rotatable bonds is 4. The van der Waals surface area contributed by atoms with Gasteiger partial charge in [0, 0.05) is 17.8 Å². The SMILES string of the molecule is N#Cc1c[nH]n2c(=O)cc(COc3nc(-c4ccccc4Cl)no3)nc12. The van der Waals surface area contributed by atoms with Crippen molar-refractivity contribution in [3.8, 4) is 23.5 Å². The van der Waals surface area contributed by atoms with Crippen molar-refractivity contribution >= 4 is 17.2 Å². The van der Waals surface area contributed by atoms with E-state index in [1.807, 2.05) is 6.07 Å². The third kappa shape index (κ3) is 2.78. The molecule has 0 aliphatic carbocycles. The zero-order chi connectivity index (χ0) is 18.1. The van der Waals surface area contributed by atoms with Gasteiger partial charge in [-0.2, -0.15) is 10.2 Å². The molecule has 1 aromatic carbocycles. The van der Waals surface area contributed by atoms with Gasteiger partial charge in [0.15, 0.2) is 5.65 Å². The van der Waals surface area contributed by atoms with Crippen LogP contribution in [0.2, 0.25) is 5.02 Å². The molecule has 0 saturated heterocycles. The smallest absolute Gasteiger partial charge is 0.418 e. The summed E-state index contributed by atoms with van der Waals surface area (Å²) in [4.78, 5) is 20.4. The minimum absolute atomic E-state index is 0.0774. The Hall–Kier alpha value is -3.64. The molecule has 3 heterocycles. The molecule has 0 fully saturated rings. The van der Waals surface area contributed by atoms with Gasteiger partial charge in [0.1, 0.15) is 18.2 Å².